The minimum absolute atomic E-state index is 0.00722. The maximum absolute atomic E-state index is 12.8. The first-order valence-electron chi connectivity index (χ1n) is 7.06. The first kappa shape index (κ1) is 12.9. The van der Waals surface area contributed by atoms with Gasteiger partial charge >= 0.3 is 0 Å². The number of ether oxygens (including phenoxy) is 1. The van der Waals surface area contributed by atoms with Crippen molar-refractivity contribution >= 4 is 5.78 Å². The predicted molar refractivity (Wildman–Crippen MR) is 79.6 cm³/mol. The van der Waals surface area contributed by atoms with Crippen LogP contribution < -0.4 is 4.74 Å². The van der Waals surface area contributed by atoms with Gasteiger partial charge in [-0.3, -0.25) is 4.79 Å². The predicted octanol–water partition coefficient (Wildman–Crippen LogP) is 3.92. The van der Waals surface area contributed by atoms with E-state index in [-0.39, 0.29) is 11.7 Å². The second-order valence-corrected chi connectivity index (χ2v) is 5.25. The van der Waals surface area contributed by atoms with Crippen LogP contribution in [0.3, 0.4) is 0 Å². The highest BCUT2D eigenvalue weighted by Crippen LogP contribution is 2.38. The molecule has 1 aliphatic rings. The lowest BCUT2D eigenvalue weighted by Gasteiger charge is -2.29. The summed E-state index contributed by atoms with van der Waals surface area (Å²) in [5.74, 6) is 0.871. The number of aryl methyl sites for hydroxylation is 1. The molecule has 20 heavy (non-hydrogen) atoms. The molecule has 0 amide bonds. The highest BCUT2D eigenvalue weighted by atomic mass is 16.5. The molecule has 0 heterocycles. The van der Waals surface area contributed by atoms with E-state index in [1.807, 2.05) is 44.2 Å². The van der Waals surface area contributed by atoms with Gasteiger partial charge in [-0.25, -0.2) is 0 Å². The third-order valence-electron chi connectivity index (χ3n) is 3.87. The molecular formula is C18H18O2. The molecule has 0 saturated carbocycles. The third kappa shape index (κ3) is 2.11. The lowest BCUT2D eigenvalue weighted by atomic mass is 9.73. The molecule has 0 radical (unpaired) electrons. The van der Waals surface area contributed by atoms with E-state index in [0.29, 0.717) is 17.9 Å². The van der Waals surface area contributed by atoms with Crippen molar-refractivity contribution in [1.82, 2.24) is 0 Å². The van der Waals surface area contributed by atoms with Gasteiger partial charge in [0.2, 0.25) is 0 Å². The largest absolute Gasteiger partial charge is 0.493 e. The highest BCUT2D eigenvalue weighted by Gasteiger charge is 2.33. The maximum Gasteiger partial charge on any atom is 0.174 e. The summed E-state index contributed by atoms with van der Waals surface area (Å²) in [6, 6.07) is 14.0. The summed E-state index contributed by atoms with van der Waals surface area (Å²) < 4.78 is 5.60. The number of hydrogen-bond donors (Lipinski definition) is 0. The smallest absolute Gasteiger partial charge is 0.174 e. The number of carbonyl (C=O) groups is 1. The van der Waals surface area contributed by atoms with Crippen LogP contribution in [-0.2, 0) is 6.42 Å². The molecule has 1 atom stereocenters. The summed E-state index contributed by atoms with van der Waals surface area (Å²) in [6.07, 6.45) is 0.842. The van der Waals surface area contributed by atoms with Crippen LogP contribution in [0.5, 0.6) is 5.75 Å². The zero-order chi connectivity index (χ0) is 14.1. The van der Waals surface area contributed by atoms with E-state index in [1.54, 1.807) is 0 Å². The van der Waals surface area contributed by atoms with Crippen LogP contribution in [0.1, 0.15) is 39.9 Å². The van der Waals surface area contributed by atoms with Crippen molar-refractivity contribution in [3.8, 4) is 5.75 Å². The minimum atomic E-state index is -0.00722. The molecule has 0 aliphatic heterocycles. The monoisotopic (exact) mass is 266 g/mol. The molecule has 2 heteroatoms. The van der Waals surface area contributed by atoms with Crippen LogP contribution >= 0.6 is 0 Å². The molecule has 3 rings (SSSR count). The summed E-state index contributed by atoms with van der Waals surface area (Å²) >= 11 is 0. The number of Topliss-reactive ketones (excluding diaryl/α,β-unsaturated/α-hetero) is 1. The van der Waals surface area contributed by atoms with E-state index < -0.39 is 0 Å². The second kappa shape index (κ2) is 5.12. The molecule has 2 aromatic rings. The highest BCUT2D eigenvalue weighted by molar-refractivity contribution is 6.04. The molecule has 2 nitrogen and oxygen atoms in total. The fraction of sp³-hybridized carbons (Fsp3) is 0.278. The van der Waals surface area contributed by atoms with Gasteiger partial charge in [-0.05, 0) is 43.5 Å². The van der Waals surface area contributed by atoms with E-state index in [4.69, 9.17) is 4.74 Å². The Hall–Kier alpha value is -2.09. The zero-order valence-electron chi connectivity index (χ0n) is 11.8. The second-order valence-electron chi connectivity index (χ2n) is 5.25. The van der Waals surface area contributed by atoms with Crippen molar-refractivity contribution in [3.05, 3.63) is 64.7 Å². The Kier molecular flexibility index (Phi) is 3.31. The first-order valence-corrected chi connectivity index (χ1v) is 7.06. The number of hydrogen-bond acceptors (Lipinski definition) is 2. The van der Waals surface area contributed by atoms with E-state index in [1.165, 1.54) is 11.1 Å². The average Bonchev–Trinajstić information content (AvgIpc) is 2.42. The molecular weight excluding hydrogens is 248 g/mol. The van der Waals surface area contributed by atoms with Crippen LogP contribution in [-0.4, -0.2) is 12.4 Å². The number of carbonyl (C=O) groups excluding carboxylic acids is 1. The van der Waals surface area contributed by atoms with Crippen molar-refractivity contribution in [3.63, 3.8) is 0 Å². The van der Waals surface area contributed by atoms with Crippen LogP contribution in [0.4, 0.5) is 0 Å². The number of fused-ring (bicyclic) bond motifs is 1. The standard InChI is InChI=1S/C18H18O2/c1-3-20-17-9-8-12(2)10-16(17)18(19)15-11-13-6-4-5-7-14(13)15/h4-10,15H,3,11H2,1-2H3. The van der Waals surface area contributed by atoms with E-state index in [0.717, 1.165) is 12.0 Å². The molecule has 2 aromatic carbocycles. The summed E-state index contributed by atoms with van der Waals surface area (Å²) in [5.41, 5.74) is 4.26. The summed E-state index contributed by atoms with van der Waals surface area (Å²) in [5, 5.41) is 0. The molecule has 1 aliphatic carbocycles. The van der Waals surface area contributed by atoms with Crippen molar-refractivity contribution in [2.24, 2.45) is 0 Å². The van der Waals surface area contributed by atoms with Crippen LogP contribution in [0.2, 0.25) is 0 Å². The van der Waals surface area contributed by atoms with Gasteiger partial charge in [0.1, 0.15) is 5.75 Å². The first-order chi connectivity index (χ1) is 9.70. The summed E-state index contributed by atoms with van der Waals surface area (Å²) in [7, 11) is 0. The molecule has 0 saturated heterocycles. The number of rotatable bonds is 4. The Morgan fingerprint density at radius 1 is 1.25 bits per heavy atom. The molecule has 102 valence electrons. The fourth-order valence-electron chi connectivity index (χ4n) is 2.80. The quantitative estimate of drug-likeness (QED) is 0.784. The topological polar surface area (TPSA) is 26.3 Å². The van der Waals surface area contributed by atoms with E-state index in [2.05, 4.69) is 12.1 Å². The van der Waals surface area contributed by atoms with Gasteiger partial charge in [-0.15, -0.1) is 0 Å². The molecule has 0 N–H and O–H groups in total. The van der Waals surface area contributed by atoms with Crippen molar-refractivity contribution in [2.75, 3.05) is 6.61 Å². The zero-order valence-corrected chi connectivity index (χ0v) is 11.8. The van der Waals surface area contributed by atoms with Crippen molar-refractivity contribution < 1.29 is 9.53 Å². The Bertz CT molecular complexity index is 658. The Morgan fingerprint density at radius 3 is 2.80 bits per heavy atom. The van der Waals surface area contributed by atoms with Crippen molar-refractivity contribution in [2.45, 2.75) is 26.2 Å². The van der Waals surface area contributed by atoms with Gasteiger partial charge in [-0.1, -0.05) is 35.9 Å². The molecule has 0 fully saturated rings. The molecule has 0 bridgehead atoms. The Labute approximate surface area is 119 Å². The Balaban J connectivity index is 1.94. The fourth-order valence-corrected chi connectivity index (χ4v) is 2.80. The minimum Gasteiger partial charge on any atom is -0.493 e. The molecule has 1 unspecified atom stereocenters. The lowest BCUT2D eigenvalue weighted by Crippen LogP contribution is -2.25. The lowest BCUT2D eigenvalue weighted by molar-refractivity contribution is 0.0945. The average molecular weight is 266 g/mol. The maximum atomic E-state index is 12.8. The van der Waals surface area contributed by atoms with Gasteiger partial charge in [0.05, 0.1) is 18.1 Å². The van der Waals surface area contributed by atoms with Crippen LogP contribution in [0.25, 0.3) is 0 Å². The SMILES string of the molecule is CCOc1ccc(C)cc1C(=O)C1Cc2ccccc21. The summed E-state index contributed by atoms with van der Waals surface area (Å²) in [4.78, 5) is 12.8. The van der Waals surface area contributed by atoms with E-state index >= 15 is 0 Å². The van der Waals surface area contributed by atoms with Gasteiger partial charge < -0.3 is 4.74 Å². The number of ketones is 1. The van der Waals surface area contributed by atoms with Crippen LogP contribution in [0, 0.1) is 6.92 Å². The van der Waals surface area contributed by atoms with Crippen molar-refractivity contribution in [1.29, 1.82) is 0 Å². The summed E-state index contributed by atoms with van der Waals surface area (Å²) in [6.45, 7) is 4.51. The van der Waals surface area contributed by atoms with Crippen LogP contribution in [0.15, 0.2) is 42.5 Å². The van der Waals surface area contributed by atoms with Gasteiger partial charge in [0, 0.05) is 0 Å². The van der Waals surface area contributed by atoms with E-state index in [9.17, 15) is 4.79 Å². The molecule has 0 spiro atoms. The van der Waals surface area contributed by atoms with Gasteiger partial charge in [0.25, 0.3) is 0 Å². The molecule has 0 aromatic heterocycles. The van der Waals surface area contributed by atoms with Gasteiger partial charge in [0.15, 0.2) is 5.78 Å². The Morgan fingerprint density at radius 2 is 2.05 bits per heavy atom. The number of benzene rings is 2. The van der Waals surface area contributed by atoms with Gasteiger partial charge in [-0.2, -0.15) is 0 Å². The normalized spacial score (nSPS) is 16.2. The third-order valence-corrected chi connectivity index (χ3v) is 3.87.